The van der Waals surface area contributed by atoms with Gasteiger partial charge in [0.1, 0.15) is 0 Å². The number of thioether (sulfide) groups is 1. The molecule has 2 atom stereocenters. The quantitative estimate of drug-likeness (QED) is 0.472. The Kier molecular flexibility index (Phi) is 4.80. The van der Waals surface area contributed by atoms with Crippen LogP contribution in [0.15, 0.2) is 29.2 Å². The fourth-order valence-corrected chi connectivity index (χ4v) is 3.83. The molecule has 0 radical (unpaired) electrons. The average Bonchev–Trinajstić information content (AvgIpc) is 2.64. The Morgan fingerprint density at radius 1 is 1.26 bits per heavy atom. The highest BCUT2D eigenvalue weighted by Crippen LogP contribution is 2.39. The Balaban J connectivity index is 2.19. The van der Waals surface area contributed by atoms with Crippen molar-refractivity contribution in [1.29, 1.82) is 5.26 Å². The Morgan fingerprint density at radius 3 is 2.74 bits per heavy atom. The second kappa shape index (κ2) is 6.58. The van der Waals surface area contributed by atoms with Crippen LogP contribution in [0.3, 0.4) is 0 Å². The van der Waals surface area contributed by atoms with Gasteiger partial charge in [-0.1, -0.05) is 31.4 Å². The molecule has 0 bridgehead atoms. The first kappa shape index (κ1) is 13.9. The van der Waals surface area contributed by atoms with E-state index in [-0.39, 0.29) is 21.8 Å². The fraction of sp³-hybridized carbons (Fsp3) is 0.500. The molecule has 19 heavy (non-hydrogen) atoms. The molecule has 1 aliphatic carbocycles. The number of hydrogen-bond acceptors (Lipinski definition) is 4. The molecule has 1 fully saturated rings. The van der Waals surface area contributed by atoms with Crippen LogP contribution >= 0.6 is 11.8 Å². The highest BCUT2D eigenvalue weighted by molar-refractivity contribution is 8.00. The highest BCUT2D eigenvalue weighted by Gasteiger charge is 2.26. The van der Waals surface area contributed by atoms with E-state index in [1.165, 1.54) is 17.8 Å². The highest BCUT2D eigenvalue weighted by atomic mass is 32.2. The van der Waals surface area contributed by atoms with Gasteiger partial charge in [0.25, 0.3) is 5.69 Å². The van der Waals surface area contributed by atoms with Crippen molar-refractivity contribution in [3.8, 4) is 6.07 Å². The van der Waals surface area contributed by atoms with E-state index in [1.54, 1.807) is 12.1 Å². The summed E-state index contributed by atoms with van der Waals surface area (Å²) in [6, 6.07) is 9.17. The zero-order chi connectivity index (χ0) is 13.7. The number of nitro benzene ring substituents is 1. The Morgan fingerprint density at radius 2 is 2.00 bits per heavy atom. The monoisotopic (exact) mass is 276 g/mol. The van der Waals surface area contributed by atoms with Crippen LogP contribution in [-0.2, 0) is 0 Å². The minimum atomic E-state index is -0.347. The first-order chi connectivity index (χ1) is 9.22. The zero-order valence-electron chi connectivity index (χ0n) is 10.6. The van der Waals surface area contributed by atoms with Crippen molar-refractivity contribution in [1.82, 2.24) is 0 Å². The number of benzene rings is 1. The van der Waals surface area contributed by atoms with Crippen LogP contribution in [0.4, 0.5) is 5.69 Å². The molecule has 4 nitrogen and oxygen atoms in total. The lowest BCUT2D eigenvalue weighted by molar-refractivity contribution is -0.387. The molecule has 2 rings (SSSR count). The third-order valence-electron chi connectivity index (χ3n) is 3.46. The van der Waals surface area contributed by atoms with Crippen molar-refractivity contribution in [2.45, 2.75) is 42.2 Å². The van der Waals surface area contributed by atoms with E-state index < -0.39 is 0 Å². The van der Waals surface area contributed by atoms with Crippen LogP contribution in [0, 0.1) is 27.4 Å². The van der Waals surface area contributed by atoms with E-state index in [4.69, 9.17) is 0 Å². The number of nitriles is 1. The maximum absolute atomic E-state index is 11.0. The lowest BCUT2D eigenvalue weighted by Gasteiger charge is -2.18. The smallest absolute Gasteiger partial charge is 0.258 e. The Hall–Kier alpha value is -1.54. The lowest BCUT2D eigenvalue weighted by Crippen LogP contribution is -2.14. The largest absolute Gasteiger partial charge is 0.282 e. The normalized spacial score (nSPS) is 23.3. The van der Waals surface area contributed by atoms with E-state index in [2.05, 4.69) is 6.07 Å². The van der Waals surface area contributed by atoms with E-state index in [0.29, 0.717) is 4.90 Å². The van der Waals surface area contributed by atoms with Gasteiger partial charge in [-0.2, -0.15) is 5.26 Å². The van der Waals surface area contributed by atoms with E-state index in [0.717, 1.165) is 32.1 Å². The Labute approximate surface area is 117 Å². The summed E-state index contributed by atoms with van der Waals surface area (Å²) in [5.41, 5.74) is 0.147. The molecule has 0 amide bonds. The number of rotatable bonds is 3. The zero-order valence-corrected chi connectivity index (χ0v) is 11.4. The maximum atomic E-state index is 11.0. The minimum absolute atomic E-state index is 0.00677. The van der Waals surface area contributed by atoms with E-state index in [1.807, 2.05) is 6.07 Å². The molecular weight excluding hydrogens is 260 g/mol. The van der Waals surface area contributed by atoms with Crippen molar-refractivity contribution in [2.24, 2.45) is 5.92 Å². The van der Waals surface area contributed by atoms with Gasteiger partial charge in [-0.15, -0.1) is 11.8 Å². The minimum Gasteiger partial charge on any atom is -0.258 e. The van der Waals surface area contributed by atoms with Crippen molar-refractivity contribution in [2.75, 3.05) is 0 Å². The molecule has 1 aromatic carbocycles. The van der Waals surface area contributed by atoms with Gasteiger partial charge in [-0.05, 0) is 18.9 Å². The number of nitrogens with zero attached hydrogens (tertiary/aromatic N) is 2. The first-order valence-corrected chi connectivity index (χ1v) is 7.40. The summed E-state index contributed by atoms with van der Waals surface area (Å²) in [7, 11) is 0. The van der Waals surface area contributed by atoms with Gasteiger partial charge in [0.2, 0.25) is 0 Å². The van der Waals surface area contributed by atoms with Gasteiger partial charge in [0.05, 0.1) is 21.8 Å². The molecule has 0 heterocycles. The molecule has 1 saturated carbocycles. The molecule has 1 aromatic rings. The van der Waals surface area contributed by atoms with Gasteiger partial charge in [0, 0.05) is 11.3 Å². The topological polar surface area (TPSA) is 66.9 Å². The molecule has 0 N–H and O–H groups in total. The molecule has 0 spiro atoms. The lowest BCUT2D eigenvalue weighted by atomic mass is 10.0. The van der Waals surface area contributed by atoms with Gasteiger partial charge >= 0.3 is 0 Å². The van der Waals surface area contributed by atoms with Crippen LogP contribution in [0.1, 0.15) is 32.1 Å². The van der Waals surface area contributed by atoms with Crippen molar-refractivity contribution in [3.63, 3.8) is 0 Å². The Bertz CT molecular complexity index is 498. The first-order valence-electron chi connectivity index (χ1n) is 6.52. The van der Waals surface area contributed by atoms with Crippen molar-refractivity contribution < 1.29 is 4.92 Å². The van der Waals surface area contributed by atoms with E-state index in [9.17, 15) is 15.4 Å². The van der Waals surface area contributed by atoms with Crippen LogP contribution < -0.4 is 0 Å². The summed E-state index contributed by atoms with van der Waals surface area (Å²) in [5.74, 6) is 0.00677. The maximum Gasteiger partial charge on any atom is 0.282 e. The summed E-state index contributed by atoms with van der Waals surface area (Å²) in [5, 5.41) is 20.4. The van der Waals surface area contributed by atoms with Crippen LogP contribution in [0.2, 0.25) is 0 Å². The molecule has 0 saturated heterocycles. The standard InChI is InChI=1S/C14H16N2O2S/c15-10-11-6-2-1-3-8-13(11)19-14-9-5-4-7-12(14)16(17)18/h4-5,7,9,11,13H,1-3,6,8H2. The predicted molar refractivity (Wildman–Crippen MR) is 74.9 cm³/mol. The van der Waals surface area contributed by atoms with Gasteiger partial charge in [0.15, 0.2) is 0 Å². The number of nitro groups is 1. The summed E-state index contributed by atoms with van der Waals surface area (Å²) in [6.45, 7) is 0. The summed E-state index contributed by atoms with van der Waals surface area (Å²) in [4.78, 5) is 11.3. The van der Waals surface area contributed by atoms with Gasteiger partial charge in [-0.3, -0.25) is 10.1 Å². The van der Waals surface area contributed by atoms with Gasteiger partial charge < -0.3 is 0 Å². The third-order valence-corrected chi connectivity index (χ3v) is 4.92. The third kappa shape index (κ3) is 3.48. The van der Waals surface area contributed by atoms with Crippen LogP contribution in [0.25, 0.3) is 0 Å². The van der Waals surface area contributed by atoms with E-state index >= 15 is 0 Å². The van der Waals surface area contributed by atoms with Gasteiger partial charge in [-0.25, -0.2) is 0 Å². The summed E-state index contributed by atoms with van der Waals surface area (Å²) in [6.07, 6.45) is 5.23. The molecular formula is C14H16N2O2S. The summed E-state index contributed by atoms with van der Waals surface area (Å²) >= 11 is 1.50. The predicted octanol–water partition coefficient (Wildman–Crippen LogP) is 4.16. The molecule has 100 valence electrons. The van der Waals surface area contributed by atoms with Crippen LogP contribution in [-0.4, -0.2) is 10.2 Å². The molecule has 5 heteroatoms. The SMILES string of the molecule is N#CC1CCCCCC1Sc1ccccc1[N+](=O)[O-]. The summed E-state index contributed by atoms with van der Waals surface area (Å²) < 4.78 is 0. The molecule has 0 aliphatic heterocycles. The average molecular weight is 276 g/mol. The molecule has 1 aliphatic rings. The second-order valence-corrected chi connectivity index (χ2v) is 6.04. The fourth-order valence-electron chi connectivity index (χ4n) is 2.43. The number of hydrogen-bond donors (Lipinski definition) is 0. The number of para-hydroxylation sites is 1. The second-order valence-electron chi connectivity index (χ2n) is 4.75. The van der Waals surface area contributed by atoms with Crippen molar-refractivity contribution >= 4 is 17.4 Å². The molecule has 2 unspecified atom stereocenters. The van der Waals surface area contributed by atoms with Crippen molar-refractivity contribution in [3.05, 3.63) is 34.4 Å². The molecule has 0 aromatic heterocycles. The van der Waals surface area contributed by atoms with Crippen LogP contribution in [0.5, 0.6) is 0 Å².